The average molecular weight is 248 g/mol. The number of benzene rings is 1. The predicted octanol–water partition coefficient (Wildman–Crippen LogP) is 3.84. The minimum absolute atomic E-state index is 0.420. The predicted molar refractivity (Wildman–Crippen MR) is 81.3 cm³/mol. The number of nitrogens with zero attached hydrogens (tertiary/aromatic N) is 1. The lowest BCUT2D eigenvalue weighted by Crippen LogP contribution is -2.28. The van der Waals surface area contributed by atoms with E-state index in [0.29, 0.717) is 6.04 Å². The number of hydrogen-bond donors (Lipinski definition) is 1. The van der Waals surface area contributed by atoms with Gasteiger partial charge < -0.3 is 10.2 Å². The maximum absolute atomic E-state index is 3.27. The first-order chi connectivity index (χ1) is 8.62. The van der Waals surface area contributed by atoms with Crippen molar-refractivity contribution in [3.8, 4) is 0 Å². The molecule has 0 aliphatic rings. The summed E-state index contributed by atoms with van der Waals surface area (Å²) in [4.78, 5) is 2.46. The minimum atomic E-state index is 0.420. The summed E-state index contributed by atoms with van der Waals surface area (Å²) in [6.07, 6.45) is 1.24. The van der Waals surface area contributed by atoms with E-state index in [-0.39, 0.29) is 0 Å². The zero-order valence-electron chi connectivity index (χ0n) is 12.5. The highest BCUT2D eigenvalue weighted by Crippen LogP contribution is 2.20. The van der Waals surface area contributed by atoms with Crippen molar-refractivity contribution < 1.29 is 0 Å². The van der Waals surface area contributed by atoms with Crippen LogP contribution >= 0.6 is 0 Å². The second-order valence-electron chi connectivity index (χ2n) is 5.15. The molecule has 0 saturated heterocycles. The first-order valence-electron chi connectivity index (χ1n) is 7.14. The largest absolute Gasteiger partial charge is 0.372 e. The van der Waals surface area contributed by atoms with Gasteiger partial charge in [0.2, 0.25) is 0 Å². The standard InChI is InChI=1S/C16H28N2/c1-6-13(3)12-18(7-2)16-10-8-15(9-11-16)14(4)17-5/h8-11,13-14,17H,6-7,12H2,1-5H3. The Morgan fingerprint density at radius 3 is 2.17 bits per heavy atom. The molecule has 0 radical (unpaired) electrons. The van der Waals surface area contributed by atoms with Crippen LogP contribution in [0, 0.1) is 5.92 Å². The van der Waals surface area contributed by atoms with Crippen molar-refractivity contribution in [1.29, 1.82) is 0 Å². The summed E-state index contributed by atoms with van der Waals surface area (Å²) >= 11 is 0. The molecule has 102 valence electrons. The quantitative estimate of drug-likeness (QED) is 0.788. The number of rotatable bonds is 7. The summed E-state index contributed by atoms with van der Waals surface area (Å²) in [5.74, 6) is 0.751. The van der Waals surface area contributed by atoms with E-state index < -0.39 is 0 Å². The highest BCUT2D eigenvalue weighted by molar-refractivity contribution is 5.48. The number of nitrogens with one attached hydrogen (secondary N) is 1. The Labute approximate surface area is 112 Å². The molecule has 0 aromatic heterocycles. The zero-order valence-corrected chi connectivity index (χ0v) is 12.5. The van der Waals surface area contributed by atoms with Gasteiger partial charge in [0.25, 0.3) is 0 Å². The fourth-order valence-corrected chi connectivity index (χ4v) is 2.06. The SMILES string of the molecule is CCC(C)CN(CC)c1ccc(C(C)NC)cc1. The molecular weight excluding hydrogens is 220 g/mol. The Balaban J connectivity index is 2.75. The van der Waals surface area contributed by atoms with Crippen LogP contribution in [0.4, 0.5) is 5.69 Å². The third-order valence-corrected chi connectivity index (χ3v) is 3.80. The minimum Gasteiger partial charge on any atom is -0.372 e. The lowest BCUT2D eigenvalue weighted by Gasteiger charge is -2.26. The molecule has 0 fully saturated rings. The maximum Gasteiger partial charge on any atom is 0.0366 e. The fraction of sp³-hybridized carbons (Fsp3) is 0.625. The molecule has 0 saturated carbocycles. The Morgan fingerprint density at radius 2 is 1.72 bits per heavy atom. The van der Waals surface area contributed by atoms with E-state index >= 15 is 0 Å². The van der Waals surface area contributed by atoms with Crippen LogP contribution in [0.2, 0.25) is 0 Å². The van der Waals surface area contributed by atoms with E-state index in [0.717, 1.165) is 19.0 Å². The van der Waals surface area contributed by atoms with Gasteiger partial charge in [-0.15, -0.1) is 0 Å². The van der Waals surface area contributed by atoms with E-state index in [2.05, 4.69) is 62.2 Å². The van der Waals surface area contributed by atoms with E-state index in [1.807, 2.05) is 7.05 Å². The molecule has 2 heteroatoms. The monoisotopic (exact) mass is 248 g/mol. The summed E-state index contributed by atoms with van der Waals surface area (Å²) in [5.41, 5.74) is 2.69. The van der Waals surface area contributed by atoms with Crippen molar-refractivity contribution in [3.63, 3.8) is 0 Å². The van der Waals surface area contributed by atoms with Crippen LogP contribution in [0.3, 0.4) is 0 Å². The van der Waals surface area contributed by atoms with Crippen molar-refractivity contribution in [1.82, 2.24) is 5.32 Å². The van der Waals surface area contributed by atoms with Crippen LogP contribution in [0.1, 0.15) is 45.7 Å². The smallest absolute Gasteiger partial charge is 0.0366 e. The van der Waals surface area contributed by atoms with Gasteiger partial charge in [0.15, 0.2) is 0 Å². The van der Waals surface area contributed by atoms with Gasteiger partial charge in [0, 0.05) is 24.8 Å². The van der Waals surface area contributed by atoms with E-state index in [1.54, 1.807) is 0 Å². The van der Waals surface area contributed by atoms with Crippen molar-refractivity contribution in [2.45, 2.75) is 40.2 Å². The second-order valence-corrected chi connectivity index (χ2v) is 5.15. The third kappa shape index (κ3) is 4.02. The molecule has 0 aliphatic heterocycles. The summed E-state index contributed by atoms with van der Waals surface area (Å²) in [7, 11) is 2.00. The summed E-state index contributed by atoms with van der Waals surface area (Å²) in [6, 6.07) is 9.37. The Bertz CT molecular complexity index is 331. The van der Waals surface area contributed by atoms with Gasteiger partial charge >= 0.3 is 0 Å². The van der Waals surface area contributed by atoms with Crippen molar-refractivity contribution in [3.05, 3.63) is 29.8 Å². The lowest BCUT2D eigenvalue weighted by molar-refractivity contribution is 0.548. The first-order valence-corrected chi connectivity index (χ1v) is 7.14. The maximum atomic E-state index is 3.27. The van der Waals surface area contributed by atoms with Gasteiger partial charge in [-0.2, -0.15) is 0 Å². The molecule has 0 spiro atoms. The highest BCUT2D eigenvalue weighted by atomic mass is 15.1. The van der Waals surface area contributed by atoms with Gasteiger partial charge in [0.05, 0.1) is 0 Å². The molecule has 1 N–H and O–H groups in total. The van der Waals surface area contributed by atoms with E-state index in [4.69, 9.17) is 0 Å². The number of anilines is 1. The van der Waals surface area contributed by atoms with Crippen LogP contribution in [0.15, 0.2) is 24.3 Å². The molecule has 1 aromatic rings. The lowest BCUT2D eigenvalue weighted by atomic mass is 10.1. The molecule has 2 nitrogen and oxygen atoms in total. The second kappa shape index (κ2) is 7.42. The first kappa shape index (κ1) is 15.0. The molecule has 0 amide bonds. The molecule has 0 heterocycles. The molecule has 1 rings (SSSR count). The van der Waals surface area contributed by atoms with Crippen molar-refractivity contribution in [2.24, 2.45) is 5.92 Å². The van der Waals surface area contributed by atoms with Crippen LogP contribution in [0.5, 0.6) is 0 Å². The van der Waals surface area contributed by atoms with Crippen LogP contribution in [-0.4, -0.2) is 20.1 Å². The van der Waals surface area contributed by atoms with Crippen LogP contribution in [0.25, 0.3) is 0 Å². The molecule has 0 aliphatic carbocycles. The molecule has 0 bridgehead atoms. The fourth-order valence-electron chi connectivity index (χ4n) is 2.06. The molecule has 1 aromatic carbocycles. The van der Waals surface area contributed by atoms with Gasteiger partial charge in [-0.3, -0.25) is 0 Å². The normalized spacial score (nSPS) is 14.3. The molecular formula is C16H28N2. The van der Waals surface area contributed by atoms with Crippen molar-refractivity contribution >= 4 is 5.69 Å². The van der Waals surface area contributed by atoms with Crippen LogP contribution in [-0.2, 0) is 0 Å². The van der Waals surface area contributed by atoms with Crippen LogP contribution < -0.4 is 10.2 Å². The van der Waals surface area contributed by atoms with E-state index in [9.17, 15) is 0 Å². The van der Waals surface area contributed by atoms with Gasteiger partial charge in [-0.05, 0) is 44.5 Å². The molecule has 2 atom stereocenters. The average Bonchev–Trinajstić information content (AvgIpc) is 2.43. The van der Waals surface area contributed by atoms with Gasteiger partial charge in [-0.1, -0.05) is 32.4 Å². The number of hydrogen-bond acceptors (Lipinski definition) is 2. The topological polar surface area (TPSA) is 15.3 Å². The zero-order chi connectivity index (χ0) is 13.5. The Morgan fingerprint density at radius 1 is 1.11 bits per heavy atom. The Kier molecular flexibility index (Phi) is 6.20. The van der Waals surface area contributed by atoms with Gasteiger partial charge in [0.1, 0.15) is 0 Å². The summed E-state index contributed by atoms with van der Waals surface area (Å²) in [5, 5.41) is 3.27. The van der Waals surface area contributed by atoms with Gasteiger partial charge in [-0.25, -0.2) is 0 Å². The highest BCUT2D eigenvalue weighted by Gasteiger charge is 2.09. The van der Waals surface area contributed by atoms with E-state index in [1.165, 1.54) is 17.7 Å². The summed E-state index contributed by atoms with van der Waals surface area (Å²) < 4.78 is 0. The van der Waals surface area contributed by atoms with Crippen molar-refractivity contribution in [2.75, 3.05) is 25.0 Å². The Hall–Kier alpha value is -1.02. The third-order valence-electron chi connectivity index (χ3n) is 3.80. The summed E-state index contributed by atoms with van der Waals surface area (Å²) in [6.45, 7) is 11.2. The molecule has 18 heavy (non-hydrogen) atoms. The molecule has 2 unspecified atom stereocenters.